The van der Waals surface area contributed by atoms with E-state index in [2.05, 4.69) is 42.3 Å². The van der Waals surface area contributed by atoms with Crippen LogP contribution in [-0.2, 0) is 6.54 Å². The van der Waals surface area contributed by atoms with Gasteiger partial charge in [0.15, 0.2) is 0 Å². The monoisotopic (exact) mass is 288 g/mol. The molecule has 3 nitrogen and oxygen atoms in total. The third-order valence-corrected chi connectivity index (χ3v) is 5.21. The van der Waals surface area contributed by atoms with Crippen LogP contribution in [0.3, 0.4) is 0 Å². The van der Waals surface area contributed by atoms with Crippen molar-refractivity contribution in [2.75, 3.05) is 20.2 Å². The molecule has 1 saturated carbocycles. The van der Waals surface area contributed by atoms with E-state index in [1.807, 2.05) is 0 Å². The first-order valence-electron chi connectivity index (χ1n) is 8.35. The fourth-order valence-electron chi connectivity index (χ4n) is 4.05. The molecule has 21 heavy (non-hydrogen) atoms. The van der Waals surface area contributed by atoms with Crippen molar-refractivity contribution >= 4 is 0 Å². The highest BCUT2D eigenvalue weighted by atomic mass is 16.5. The maximum atomic E-state index is 5.58. The Balaban J connectivity index is 1.77. The molecule has 1 aliphatic heterocycles. The zero-order valence-electron chi connectivity index (χ0n) is 13.6. The van der Waals surface area contributed by atoms with Crippen LogP contribution in [0.4, 0.5) is 0 Å². The van der Waals surface area contributed by atoms with E-state index in [9.17, 15) is 0 Å². The minimum Gasteiger partial charge on any atom is -0.496 e. The number of ether oxygens (including phenoxy) is 1. The van der Waals surface area contributed by atoms with Gasteiger partial charge in [-0.15, -0.1) is 0 Å². The Morgan fingerprint density at radius 1 is 1.38 bits per heavy atom. The molecular formula is C18H28N2O. The van der Waals surface area contributed by atoms with Gasteiger partial charge in [-0.05, 0) is 56.3 Å². The summed E-state index contributed by atoms with van der Waals surface area (Å²) in [6.45, 7) is 7.70. The van der Waals surface area contributed by atoms with Crippen molar-refractivity contribution in [2.24, 2.45) is 5.92 Å². The molecule has 3 heteroatoms. The van der Waals surface area contributed by atoms with E-state index in [4.69, 9.17) is 4.74 Å². The molecular weight excluding hydrogens is 260 g/mol. The van der Waals surface area contributed by atoms with E-state index in [1.165, 1.54) is 36.9 Å². The predicted molar refractivity (Wildman–Crippen MR) is 86.6 cm³/mol. The highest BCUT2D eigenvalue weighted by Gasteiger charge is 2.37. The summed E-state index contributed by atoms with van der Waals surface area (Å²) >= 11 is 0. The van der Waals surface area contributed by atoms with E-state index in [-0.39, 0.29) is 0 Å². The number of rotatable bonds is 6. The fraction of sp³-hybridized carbons (Fsp3) is 0.667. The summed E-state index contributed by atoms with van der Waals surface area (Å²) in [5.74, 6) is 1.98. The summed E-state index contributed by atoms with van der Waals surface area (Å²) in [7, 11) is 1.78. The molecule has 3 atom stereocenters. The first-order chi connectivity index (χ1) is 10.2. The number of methoxy groups -OCH3 is 1. The van der Waals surface area contributed by atoms with Crippen LogP contribution in [0.25, 0.3) is 0 Å². The van der Waals surface area contributed by atoms with Gasteiger partial charge in [0.1, 0.15) is 5.75 Å². The topological polar surface area (TPSA) is 24.5 Å². The number of benzene rings is 1. The van der Waals surface area contributed by atoms with Crippen LogP contribution in [0, 0.1) is 5.92 Å². The quantitative estimate of drug-likeness (QED) is 0.869. The summed E-state index contributed by atoms with van der Waals surface area (Å²) in [4.78, 5) is 2.66. The number of nitrogens with zero attached hydrogens (tertiary/aromatic N) is 1. The Labute approximate surface area is 128 Å². The van der Waals surface area contributed by atoms with E-state index in [0.29, 0.717) is 6.04 Å². The van der Waals surface area contributed by atoms with Gasteiger partial charge in [0.25, 0.3) is 0 Å². The average molecular weight is 288 g/mol. The predicted octanol–water partition coefficient (Wildman–Crippen LogP) is 3.35. The van der Waals surface area contributed by atoms with Crippen molar-refractivity contribution in [3.63, 3.8) is 0 Å². The minimum atomic E-state index is 0.398. The van der Waals surface area contributed by atoms with Crippen molar-refractivity contribution in [3.05, 3.63) is 29.3 Å². The molecule has 3 unspecified atom stereocenters. The molecule has 1 aliphatic carbocycles. The number of piperidine rings is 1. The SMILES string of the molecule is CCNC(C)c1ccc(OC)c(CN2CC3CCC2C3)c1. The summed E-state index contributed by atoms with van der Waals surface area (Å²) in [5, 5.41) is 3.49. The molecule has 0 aromatic heterocycles. The van der Waals surface area contributed by atoms with Crippen LogP contribution in [0.5, 0.6) is 5.75 Å². The first-order valence-corrected chi connectivity index (χ1v) is 8.35. The third kappa shape index (κ3) is 3.09. The second kappa shape index (κ2) is 6.37. The molecule has 1 aromatic rings. The van der Waals surface area contributed by atoms with E-state index in [0.717, 1.165) is 30.8 Å². The molecule has 2 aliphatic rings. The molecule has 0 amide bonds. The van der Waals surface area contributed by atoms with Crippen LogP contribution in [0.15, 0.2) is 18.2 Å². The van der Waals surface area contributed by atoms with E-state index < -0.39 is 0 Å². The van der Waals surface area contributed by atoms with Gasteiger partial charge in [-0.2, -0.15) is 0 Å². The lowest BCUT2D eigenvalue weighted by Gasteiger charge is -2.28. The van der Waals surface area contributed by atoms with Crippen molar-refractivity contribution in [1.29, 1.82) is 0 Å². The highest BCUT2D eigenvalue weighted by molar-refractivity contribution is 5.38. The smallest absolute Gasteiger partial charge is 0.123 e. The molecule has 2 fully saturated rings. The normalized spacial score (nSPS) is 26.2. The van der Waals surface area contributed by atoms with E-state index >= 15 is 0 Å². The standard InChI is InChI=1S/C18H28N2O/c1-4-19-13(2)15-6-8-18(21-3)16(10-15)12-20-11-14-5-7-17(20)9-14/h6,8,10,13-14,17,19H,4-5,7,9,11-12H2,1-3H3. The van der Waals surface area contributed by atoms with Crippen molar-refractivity contribution in [3.8, 4) is 5.75 Å². The second-order valence-electron chi connectivity index (χ2n) is 6.61. The third-order valence-electron chi connectivity index (χ3n) is 5.21. The fourth-order valence-corrected chi connectivity index (χ4v) is 4.05. The largest absolute Gasteiger partial charge is 0.496 e. The molecule has 116 valence electrons. The Hall–Kier alpha value is -1.06. The van der Waals surface area contributed by atoms with Crippen molar-refractivity contribution in [2.45, 2.75) is 51.7 Å². The van der Waals surface area contributed by atoms with Crippen molar-refractivity contribution < 1.29 is 4.74 Å². The summed E-state index contributed by atoms with van der Waals surface area (Å²) in [6, 6.07) is 7.86. The van der Waals surface area contributed by atoms with Gasteiger partial charge in [-0.3, -0.25) is 4.90 Å². The highest BCUT2D eigenvalue weighted by Crippen LogP contribution is 2.39. The molecule has 2 bridgehead atoms. The number of likely N-dealkylation sites (tertiary alicyclic amines) is 1. The lowest BCUT2D eigenvalue weighted by atomic mass is 10.0. The zero-order valence-corrected chi connectivity index (χ0v) is 13.6. The van der Waals surface area contributed by atoms with Gasteiger partial charge in [-0.1, -0.05) is 13.0 Å². The number of hydrogen-bond acceptors (Lipinski definition) is 3. The lowest BCUT2D eigenvalue weighted by molar-refractivity contribution is 0.203. The minimum absolute atomic E-state index is 0.398. The Morgan fingerprint density at radius 3 is 2.86 bits per heavy atom. The molecule has 3 rings (SSSR count). The van der Waals surface area contributed by atoms with Gasteiger partial charge < -0.3 is 10.1 Å². The Morgan fingerprint density at radius 2 is 2.24 bits per heavy atom. The zero-order chi connectivity index (χ0) is 14.8. The van der Waals surface area contributed by atoms with Gasteiger partial charge >= 0.3 is 0 Å². The van der Waals surface area contributed by atoms with Crippen LogP contribution >= 0.6 is 0 Å². The van der Waals surface area contributed by atoms with E-state index in [1.54, 1.807) is 7.11 Å². The molecule has 0 spiro atoms. The number of hydrogen-bond donors (Lipinski definition) is 1. The maximum Gasteiger partial charge on any atom is 0.123 e. The van der Waals surface area contributed by atoms with Gasteiger partial charge in [0.2, 0.25) is 0 Å². The average Bonchev–Trinajstić information content (AvgIpc) is 3.10. The summed E-state index contributed by atoms with van der Waals surface area (Å²) < 4.78 is 5.58. The molecule has 0 radical (unpaired) electrons. The lowest BCUT2D eigenvalue weighted by Crippen LogP contribution is -2.31. The molecule has 1 saturated heterocycles. The van der Waals surface area contributed by atoms with Gasteiger partial charge in [-0.25, -0.2) is 0 Å². The number of nitrogens with one attached hydrogen (secondary N) is 1. The summed E-state index contributed by atoms with van der Waals surface area (Å²) in [5.41, 5.74) is 2.70. The van der Waals surface area contributed by atoms with Crippen LogP contribution in [-0.4, -0.2) is 31.1 Å². The van der Waals surface area contributed by atoms with Gasteiger partial charge in [0.05, 0.1) is 7.11 Å². The van der Waals surface area contributed by atoms with Gasteiger partial charge in [0, 0.05) is 30.7 Å². The Kier molecular flexibility index (Phi) is 4.51. The first kappa shape index (κ1) is 14.9. The summed E-state index contributed by atoms with van der Waals surface area (Å²) in [6.07, 6.45) is 4.24. The van der Waals surface area contributed by atoms with Crippen molar-refractivity contribution in [1.82, 2.24) is 10.2 Å². The molecule has 1 aromatic carbocycles. The Bertz CT molecular complexity index is 488. The van der Waals surface area contributed by atoms with Crippen LogP contribution < -0.4 is 10.1 Å². The van der Waals surface area contributed by atoms with Crippen LogP contribution in [0.2, 0.25) is 0 Å². The maximum absolute atomic E-state index is 5.58. The van der Waals surface area contributed by atoms with Crippen LogP contribution in [0.1, 0.15) is 50.3 Å². The second-order valence-corrected chi connectivity index (χ2v) is 6.61. The number of fused-ring (bicyclic) bond motifs is 2. The molecule has 1 heterocycles. The molecule has 1 N–H and O–H groups in total.